The van der Waals surface area contributed by atoms with Crippen LogP contribution in [0, 0.1) is 6.92 Å². The van der Waals surface area contributed by atoms with Gasteiger partial charge in [0.15, 0.2) is 0 Å². The van der Waals surface area contributed by atoms with Crippen LogP contribution in [-0.2, 0) is 9.84 Å². The van der Waals surface area contributed by atoms with Crippen LogP contribution in [0.1, 0.15) is 5.56 Å². The first kappa shape index (κ1) is 18.4. The van der Waals surface area contributed by atoms with E-state index in [2.05, 4.69) is 32.8 Å². The maximum Gasteiger partial charge on any atom is 0.234 e. The molecule has 1 N–H and O–H groups in total. The minimum Gasteiger partial charge on any atom is -0.419 e. The Morgan fingerprint density at radius 3 is 2.42 bits per heavy atom. The van der Waals surface area contributed by atoms with Gasteiger partial charge in [-0.1, -0.05) is 39.7 Å². The SMILES string of the molecule is C=CCNc1oc(-c2ccc(C)cc2)nc1S(=O)(=O)c1ccc(Br)cc1. The van der Waals surface area contributed by atoms with Gasteiger partial charge in [0.2, 0.25) is 26.6 Å². The van der Waals surface area contributed by atoms with Gasteiger partial charge in [0.05, 0.1) is 4.90 Å². The molecular weight excluding hydrogens is 416 g/mol. The fraction of sp³-hybridized carbons (Fsp3) is 0.105. The maximum absolute atomic E-state index is 13.0. The molecule has 134 valence electrons. The minimum absolute atomic E-state index is 0.100. The van der Waals surface area contributed by atoms with Gasteiger partial charge in [-0.2, -0.15) is 4.98 Å². The van der Waals surface area contributed by atoms with E-state index in [1.54, 1.807) is 18.2 Å². The fourth-order valence-electron chi connectivity index (χ4n) is 2.31. The topological polar surface area (TPSA) is 72.2 Å². The van der Waals surface area contributed by atoms with E-state index in [1.807, 2.05) is 31.2 Å². The smallest absolute Gasteiger partial charge is 0.234 e. The Labute approximate surface area is 160 Å². The molecule has 0 saturated carbocycles. The molecule has 0 aliphatic rings. The van der Waals surface area contributed by atoms with Crippen LogP contribution in [-0.4, -0.2) is 19.9 Å². The molecule has 0 amide bonds. The van der Waals surface area contributed by atoms with E-state index in [4.69, 9.17) is 4.42 Å². The van der Waals surface area contributed by atoms with Gasteiger partial charge in [0.1, 0.15) is 0 Å². The normalized spacial score (nSPS) is 11.3. The van der Waals surface area contributed by atoms with Gasteiger partial charge in [-0.05, 0) is 43.3 Å². The summed E-state index contributed by atoms with van der Waals surface area (Å²) in [6, 6.07) is 13.9. The molecule has 0 radical (unpaired) electrons. The quantitative estimate of drug-likeness (QED) is 0.563. The summed E-state index contributed by atoms with van der Waals surface area (Å²) in [6.07, 6.45) is 1.62. The molecule has 0 saturated heterocycles. The highest BCUT2D eigenvalue weighted by Gasteiger charge is 2.28. The average molecular weight is 433 g/mol. The second kappa shape index (κ2) is 7.47. The first-order valence-corrected chi connectivity index (χ1v) is 10.1. The standard InChI is InChI=1S/C19H17BrN2O3S/c1-3-12-21-18-19(26(23,24)16-10-8-15(20)9-11-16)22-17(25-18)14-6-4-13(2)5-7-14/h3-11,21H,1,12H2,2H3. The van der Waals surface area contributed by atoms with Gasteiger partial charge >= 0.3 is 0 Å². The molecule has 0 aliphatic carbocycles. The summed E-state index contributed by atoms with van der Waals surface area (Å²) in [5, 5.41) is 2.77. The van der Waals surface area contributed by atoms with Crippen molar-refractivity contribution in [1.29, 1.82) is 0 Å². The molecule has 0 unspecified atom stereocenters. The van der Waals surface area contributed by atoms with E-state index in [0.717, 1.165) is 10.0 Å². The third-order valence-electron chi connectivity index (χ3n) is 3.68. The Balaban J connectivity index is 2.10. The molecule has 1 heterocycles. The van der Waals surface area contributed by atoms with E-state index in [9.17, 15) is 8.42 Å². The second-order valence-corrected chi connectivity index (χ2v) is 8.43. The zero-order chi connectivity index (χ0) is 18.7. The van der Waals surface area contributed by atoms with Crippen molar-refractivity contribution in [3.63, 3.8) is 0 Å². The number of rotatable bonds is 6. The van der Waals surface area contributed by atoms with Crippen LogP contribution in [0.3, 0.4) is 0 Å². The molecule has 0 atom stereocenters. The monoisotopic (exact) mass is 432 g/mol. The Morgan fingerprint density at radius 2 is 1.81 bits per heavy atom. The summed E-state index contributed by atoms with van der Waals surface area (Å²) in [7, 11) is -3.83. The number of benzene rings is 2. The fourth-order valence-corrected chi connectivity index (χ4v) is 3.85. The largest absolute Gasteiger partial charge is 0.419 e. The molecule has 0 spiro atoms. The van der Waals surface area contributed by atoms with Crippen LogP contribution in [0.25, 0.3) is 11.5 Å². The number of oxazole rings is 1. The Bertz CT molecular complexity index is 1020. The lowest BCUT2D eigenvalue weighted by Gasteiger charge is -2.04. The molecule has 0 aliphatic heterocycles. The Kier molecular flexibility index (Phi) is 5.29. The summed E-state index contributed by atoms with van der Waals surface area (Å²) in [5.41, 5.74) is 1.79. The van der Waals surface area contributed by atoms with Gasteiger partial charge in [-0.3, -0.25) is 0 Å². The molecular formula is C19H17BrN2O3S. The van der Waals surface area contributed by atoms with E-state index in [1.165, 1.54) is 12.1 Å². The van der Waals surface area contributed by atoms with Crippen LogP contribution < -0.4 is 5.32 Å². The summed E-state index contributed by atoms with van der Waals surface area (Å²) in [4.78, 5) is 4.41. The average Bonchev–Trinajstić information content (AvgIpc) is 3.06. The highest BCUT2D eigenvalue weighted by Crippen LogP contribution is 2.32. The molecule has 5 nitrogen and oxygen atoms in total. The van der Waals surface area contributed by atoms with Crippen molar-refractivity contribution >= 4 is 31.7 Å². The predicted molar refractivity (Wildman–Crippen MR) is 105 cm³/mol. The highest BCUT2D eigenvalue weighted by atomic mass is 79.9. The van der Waals surface area contributed by atoms with Crippen LogP contribution in [0.2, 0.25) is 0 Å². The van der Waals surface area contributed by atoms with Crippen LogP contribution >= 0.6 is 15.9 Å². The van der Waals surface area contributed by atoms with Crippen molar-refractivity contribution in [2.45, 2.75) is 16.8 Å². The minimum atomic E-state index is -3.83. The summed E-state index contributed by atoms with van der Waals surface area (Å²) in [5.74, 6) is 0.343. The van der Waals surface area contributed by atoms with E-state index >= 15 is 0 Å². The molecule has 26 heavy (non-hydrogen) atoms. The van der Waals surface area contributed by atoms with Crippen molar-refractivity contribution in [2.75, 3.05) is 11.9 Å². The number of hydrogen-bond donors (Lipinski definition) is 1. The molecule has 3 aromatic rings. The van der Waals surface area contributed by atoms with Gasteiger partial charge in [0, 0.05) is 16.6 Å². The molecule has 0 fully saturated rings. The lowest BCUT2D eigenvalue weighted by Crippen LogP contribution is -2.07. The lowest BCUT2D eigenvalue weighted by atomic mass is 10.1. The predicted octanol–water partition coefficient (Wildman–Crippen LogP) is 4.84. The van der Waals surface area contributed by atoms with Crippen molar-refractivity contribution in [3.05, 3.63) is 71.2 Å². The van der Waals surface area contributed by atoms with Crippen molar-refractivity contribution in [2.24, 2.45) is 0 Å². The summed E-state index contributed by atoms with van der Waals surface area (Å²) in [6.45, 7) is 5.96. The zero-order valence-corrected chi connectivity index (χ0v) is 16.5. The summed E-state index contributed by atoms with van der Waals surface area (Å²) < 4.78 is 32.6. The van der Waals surface area contributed by atoms with E-state index in [-0.39, 0.29) is 21.7 Å². The molecule has 2 aromatic carbocycles. The number of aromatic nitrogens is 1. The number of hydrogen-bond acceptors (Lipinski definition) is 5. The first-order chi connectivity index (χ1) is 12.4. The van der Waals surface area contributed by atoms with Crippen molar-refractivity contribution < 1.29 is 12.8 Å². The molecule has 0 bridgehead atoms. The third-order valence-corrected chi connectivity index (χ3v) is 5.89. The van der Waals surface area contributed by atoms with Gasteiger partial charge in [0.25, 0.3) is 0 Å². The van der Waals surface area contributed by atoms with Crippen LogP contribution in [0.5, 0.6) is 0 Å². The van der Waals surface area contributed by atoms with Gasteiger partial charge < -0.3 is 9.73 Å². The molecule has 7 heteroatoms. The number of aryl methyl sites for hydroxylation is 1. The van der Waals surface area contributed by atoms with Crippen molar-refractivity contribution in [1.82, 2.24) is 4.98 Å². The van der Waals surface area contributed by atoms with Crippen LogP contribution in [0.4, 0.5) is 5.88 Å². The molecule has 3 rings (SSSR count). The maximum atomic E-state index is 13.0. The van der Waals surface area contributed by atoms with Gasteiger partial charge in [-0.15, -0.1) is 6.58 Å². The van der Waals surface area contributed by atoms with Crippen LogP contribution in [0.15, 0.2) is 80.0 Å². The number of sulfone groups is 1. The number of anilines is 1. The first-order valence-electron chi connectivity index (χ1n) is 7.85. The highest BCUT2D eigenvalue weighted by molar-refractivity contribution is 9.10. The third kappa shape index (κ3) is 3.73. The summed E-state index contributed by atoms with van der Waals surface area (Å²) >= 11 is 3.31. The van der Waals surface area contributed by atoms with Crippen molar-refractivity contribution in [3.8, 4) is 11.5 Å². The Hall–Kier alpha value is -2.38. The number of nitrogens with zero attached hydrogens (tertiary/aromatic N) is 1. The number of halogens is 1. The second-order valence-electron chi connectivity index (χ2n) is 5.65. The lowest BCUT2D eigenvalue weighted by molar-refractivity contribution is 0.579. The van der Waals surface area contributed by atoms with Gasteiger partial charge in [-0.25, -0.2) is 8.42 Å². The Morgan fingerprint density at radius 1 is 1.15 bits per heavy atom. The van der Waals surface area contributed by atoms with E-state index < -0.39 is 9.84 Å². The number of nitrogens with one attached hydrogen (secondary N) is 1. The zero-order valence-electron chi connectivity index (χ0n) is 14.1. The van der Waals surface area contributed by atoms with E-state index in [0.29, 0.717) is 12.1 Å². The molecule has 1 aromatic heterocycles.